The van der Waals surface area contributed by atoms with Crippen molar-refractivity contribution in [2.45, 2.75) is 12.8 Å². The van der Waals surface area contributed by atoms with Gasteiger partial charge in [0.1, 0.15) is 12.6 Å². The smallest absolute Gasteiger partial charge is 0.244 e. The number of hydrogen-bond donors (Lipinski definition) is 1. The number of allylic oxidation sites excluding steroid dienone is 2. The van der Waals surface area contributed by atoms with Crippen LogP contribution in [-0.4, -0.2) is 29.2 Å². The van der Waals surface area contributed by atoms with Gasteiger partial charge in [-0.15, -0.1) is 0 Å². The number of nitrogens with zero attached hydrogens (tertiary/aromatic N) is 2. The molecular weight excluding hydrogens is 330 g/mol. The minimum absolute atomic E-state index is 0.223. The van der Waals surface area contributed by atoms with Gasteiger partial charge >= 0.3 is 0 Å². The summed E-state index contributed by atoms with van der Waals surface area (Å²) in [4.78, 5) is 37.8. The lowest BCUT2D eigenvalue weighted by Gasteiger charge is -2.14. The van der Waals surface area contributed by atoms with Gasteiger partial charge in [-0.3, -0.25) is 19.3 Å². The normalized spacial score (nSPS) is 22.2. The van der Waals surface area contributed by atoms with Gasteiger partial charge in [0.15, 0.2) is 0 Å². The highest BCUT2D eigenvalue weighted by atomic mass is 35.5. The third-order valence-corrected chi connectivity index (χ3v) is 4.59. The van der Waals surface area contributed by atoms with Crippen molar-refractivity contribution in [1.82, 2.24) is 4.90 Å². The number of carbonyl (C=O) groups excluding carboxylic acids is 3. The highest BCUT2D eigenvalue weighted by molar-refractivity contribution is 6.32. The molecule has 2 atom stereocenters. The number of fused-ring (bicyclic) bond motifs is 1. The van der Waals surface area contributed by atoms with Crippen LogP contribution in [0.1, 0.15) is 18.4 Å². The number of nitrogens with one attached hydrogen (secondary N) is 1. The summed E-state index contributed by atoms with van der Waals surface area (Å²) in [5.74, 6) is -1.76. The maximum atomic E-state index is 12.3. The molecule has 3 rings (SSSR count). The number of amides is 3. The largest absolute Gasteiger partial charge is 0.324 e. The second-order valence-electron chi connectivity index (χ2n) is 5.77. The first kappa shape index (κ1) is 16.2. The van der Waals surface area contributed by atoms with Crippen LogP contribution in [0.25, 0.3) is 0 Å². The third kappa shape index (κ3) is 2.91. The Bertz CT molecular complexity index is 771. The average Bonchev–Trinajstić information content (AvgIpc) is 2.80. The summed E-state index contributed by atoms with van der Waals surface area (Å²) in [7, 11) is 0. The van der Waals surface area contributed by atoms with Crippen molar-refractivity contribution in [3.8, 4) is 6.07 Å². The van der Waals surface area contributed by atoms with Crippen LogP contribution >= 0.6 is 11.6 Å². The van der Waals surface area contributed by atoms with Crippen molar-refractivity contribution < 1.29 is 14.4 Å². The molecule has 3 amide bonds. The first-order chi connectivity index (χ1) is 11.5. The fraction of sp³-hybridized carbons (Fsp3) is 0.294. The number of imide groups is 1. The number of benzene rings is 1. The predicted molar refractivity (Wildman–Crippen MR) is 86.9 cm³/mol. The molecule has 1 aromatic carbocycles. The number of nitriles is 1. The van der Waals surface area contributed by atoms with Gasteiger partial charge < -0.3 is 5.32 Å². The Kier molecular flexibility index (Phi) is 4.36. The lowest BCUT2D eigenvalue weighted by Crippen LogP contribution is -2.38. The molecule has 1 saturated heterocycles. The van der Waals surface area contributed by atoms with Crippen molar-refractivity contribution in [2.75, 3.05) is 11.9 Å². The monoisotopic (exact) mass is 343 g/mol. The first-order valence-electron chi connectivity index (χ1n) is 7.51. The molecule has 2 aliphatic rings. The molecule has 1 heterocycles. The summed E-state index contributed by atoms with van der Waals surface area (Å²) in [6.07, 6.45) is 4.88. The molecular formula is C17H14ClN3O3. The molecule has 6 nitrogen and oxygen atoms in total. The van der Waals surface area contributed by atoms with Crippen LogP contribution in [0.4, 0.5) is 5.69 Å². The number of likely N-dealkylation sites (tertiary alicyclic amines) is 1. The predicted octanol–water partition coefficient (Wildman–Crippen LogP) is 2.10. The van der Waals surface area contributed by atoms with E-state index in [2.05, 4.69) is 5.32 Å². The summed E-state index contributed by atoms with van der Waals surface area (Å²) in [5, 5.41) is 11.6. The molecule has 1 aliphatic carbocycles. The van der Waals surface area contributed by atoms with Gasteiger partial charge in [0.25, 0.3) is 0 Å². The van der Waals surface area contributed by atoms with Crippen molar-refractivity contribution in [3.63, 3.8) is 0 Å². The highest BCUT2D eigenvalue weighted by Gasteiger charge is 2.47. The van der Waals surface area contributed by atoms with E-state index in [9.17, 15) is 14.4 Å². The van der Waals surface area contributed by atoms with Crippen molar-refractivity contribution in [2.24, 2.45) is 11.8 Å². The van der Waals surface area contributed by atoms with E-state index < -0.39 is 5.91 Å². The summed E-state index contributed by atoms with van der Waals surface area (Å²) >= 11 is 5.91. The molecule has 1 N–H and O–H groups in total. The number of carbonyl (C=O) groups is 3. The molecule has 0 radical (unpaired) electrons. The van der Waals surface area contributed by atoms with Gasteiger partial charge in [0.2, 0.25) is 17.7 Å². The minimum atomic E-state index is -0.482. The Labute approximate surface area is 143 Å². The molecule has 1 aliphatic heterocycles. The fourth-order valence-electron chi connectivity index (χ4n) is 3.05. The number of halogens is 1. The number of anilines is 1. The first-order valence-corrected chi connectivity index (χ1v) is 7.88. The van der Waals surface area contributed by atoms with Gasteiger partial charge in [-0.25, -0.2) is 0 Å². The van der Waals surface area contributed by atoms with Gasteiger partial charge in [0, 0.05) is 5.69 Å². The van der Waals surface area contributed by atoms with E-state index in [1.54, 1.807) is 6.07 Å². The van der Waals surface area contributed by atoms with E-state index in [0.717, 1.165) is 4.90 Å². The average molecular weight is 344 g/mol. The molecule has 7 heteroatoms. The quantitative estimate of drug-likeness (QED) is 0.672. The summed E-state index contributed by atoms with van der Waals surface area (Å²) in [6.45, 7) is -0.317. The second kappa shape index (κ2) is 6.46. The lowest BCUT2D eigenvalue weighted by atomic mass is 9.85. The molecule has 24 heavy (non-hydrogen) atoms. The van der Waals surface area contributed by atoms with E-state index in [1.807, 2.05) is 18.2 Å². The minimum Gasteiger partial charge on any atom is -0.324 e. The van der Waals surface area contributed by atoms with Crippen LogP contribution in [0.2, 0.25) is 5.02 Å². The van der Waals surface area contributed by atoms with E-state index in [1.165, 1.54) is 12.1 Å². The van der Waals surface area contributed by atoms with Crippen LogP contribution in [0.15, 0.2) is 30.4 Å². The zero-order chi connectivity index (χ0) is 17.3. The molecule has 0 aromatic heterocycles. The van der Waals surface area contributed by atoms with Crippen molar-refractivity contribution >= 4 is 35.0 Å². The standard InChI is InChI=1S/C17H14ClN3O3/c18-14-7-11(6-5-10(14)8-19)20-15(22)9-21-16(23)12-3-1-2-4-13(12)17(21)24/h1-2,5-7,12-13H,3-4,9H2,(H,20,22)/t12-,13-/m1/s1. The second-order valence-corrected chi connectivity index (χ2v) is 6.18. The van der Waals surface area contributed by atoms with Gasteiger partial charge in [0.05, 0.1) is 22.4 Å². The molecule has 0 bridgehead atoms. The maximum Gasteiger partial charge on any atom is 0.244 e. The Hall–Kier alpha value is -2.65. The Morgan fingerprint density at radius 3 is 2.42 bits per heavy atom. The SMILES string of the molecule is N#Cc1ccc(NC(=O)CN2C(=O)[C@@H]3CC=CC[C@H]3C2=O)cc1Cl. The highest BCUT2D eigenvalue weighted by Crippen LogP contribution is 2.34. The zero-order valence-corrected chi connectivity index (χ0v) is 13.4. The lowest BCUT2D eigenvalue weighted by molar-refractivity contribution is -0.142. The van der Waals surface area contributed by atoms with Crippen LogP contribution in [-0.2, 0) is 14.4 Å². The Morgan fingerprint density at radius 1 is 1.25 bits per heavy atom. The van der Waals surface area contributed by atoms with Gasteiger partial charge in [-0.1, -0.05) is 23.8 Å². The van der Waals surface area contributed by atoms with E-state index in [4.69, 9.17) is 16.9 Å². The molecule has 0 saturated carbocycles. The van der Waals surface area contributed by atoms with Crippen molar-refractivity contribution in [1.29, 1.82) is 5.26 Å². The van der Waals surface area contributed by atoms with Crippen LogP contribution in [0.3, 0.4) is 0 Å². The van der Waals surface area contributed by atoms with Crippen LogP contribution < -0.4 is 5.32 Å². The number of rotatable bonds is 3. The molecule has 122 valence electrons. The Morgan fingerprint density at radius 2 is 1.88 bits per heavy atom. The van der Waals surface area contributed by atoms with Crippen LogP contribution in [0, 0.1) is 23.2 Å². The number of hydrogen-bond acceptors (Lipinski definition) is 4. The zero-order valence-electron chi connectivity index (χ0n) is 12.7. The third-order valence-electron chi connectivity index (χ3n) is 4.27. The fourth-order valence-corrected chi connectivity index (χ4v) is 3.28. The molecule has 1 fully saturated rings. The van der Waals surface area contributed by atoms with E-state index in [-0.39, 0.29) is 35.2 Å². The topological polar surface area (TPSA) is 90.3 Å². The summed E-state index contributed by atoms with van der Waals surface area (Å²) in [6, 6.07) is 6.41. The maximum absolute atomic E-state index is 12.3. The molecule has 0 spiro atoms. The van der Waals surface area contributed by atoms with Gasteiger partial charge in [-0.2, -0.15) is 5.26 Å². The summed E-state index contributed by atoms with van der Waals surface area (Å²) < 4.78 is 0. The van der Waals surface area contributed by atoms with E-state index in [0.29, 0.717) is 24.1 Å². The van der Waals surface area contributed by atoms with Crippen LogP contribution in [0.5, 0.6) is 0 Å². The summed E-state index contributed by atoms with van der Waals surface area (Å²) in [5.41, 5.74) is 0.707. The van der Waals surface area contributed by atoms with Gasteiger partial charge in [-0.05, 0) is 31.0 Å². The van der Waals surface area contributed by atoms with E-state index >= 15 is 0 Å². The Balaban J connectivity index is 1.67. The van der Waals surface area contributed by atoms with Crippen molar-refractivity contribution in [3.05, 3.63) is 40.9 Å². The molecule has 1 aromatic rings. The molecule has 0 unspecified atom stereocenters.